The summed E-state index contributed by atoms with van der Waals surface area (Å²) in [7, 11) is -4.43. The molecule has 2 aromatic heterocycles. The first-order chi connectivity index (χ1) is 19.6. The SMILES string of the molecule is C[C@H](NP(=O)(OC[C@@]1(C#N)OCC(O)(c2ccc3c(N)ncnn23)[C@@H]1O)Oc1ccccc1)C(=O)O[C@@H]1CCOC1. The number of nitrogens with two attached hydrogens (primary N) is 1. The van der Waals surface area contributed by atoms with E-state index in [9.17, 15) is 24.8 Å². The van der Waals surface area contributed by atoms with Crippen LogP contribution >= 0.6 is 7.75 Å². The average molecular weight is 589 g/mol. The highest BCUT2D eigenvalue weighted by Gasteiger charge is 2.61. The summed E-state index contributed by atoms with van der Waals surface area (Å²) in [6.45, 7) is 0.773. The van der Waals surface area contributed by atoms with Gasteiger partial charge in [0.1, 0.15) is 48.5 Å². The Morgan fingerprint density at radius 1 is 1.37 bits per heavy atom. The Labute approximate surface area is 234 Å². The predicted molar refractivity (Wildman–Crippen MR) is 140 cm³/mol. The van der Waals surface area contributed by atoms with E-state index in [1.807, 2.05) is 6.07 Å². The lowest BCUT2D eigenvalue weighted by molar-refractivity contribution is -0.150. The zero-order valence-corrected chi connectivity index (χ0v) is 22.8. The number of nitrogens with zero attached hydrogens (tertiary/aromatic N) is 4. The molecule has 5 N–H and O–H groups in total. The highest BCUT2D eigenvalue weighted by atomic mass is 31.2. The average Bonchev–Trinajstić information content (AvgIpc) is 3.69. The molecule has 6 atom stereocenters. The molecule has 16 heteroatoms. The van der Waals surface area contributed by atoms with Crippen LogP contribution in [0.15, 0.2) is 48.8 Å². The van der Waals surface area contributed by atoms with E-state index in [2.05, 4.69) is 15.2 Å². The van der Waals surface area contributed by atoms with Crippen LogP contribution in [0.1, 0.15) is 19.0 Å². The normalized spacial score (nSPS) is 28.1. The van der Waals surface area contributed by atoms with Gasteiger partial charge in [0.2, 0.25) is 5.60 Å². The van der Waals surface area contributed by atoms with Crippen molar-refractivity contribution in [1.82, 2.24) is 19.7 Å². The Kier molecular flexibility index (Phi) is 8.00. The number of carbonyl (C=O) groups is 1. The van der Waals surface area contributed by atoms with Crippen LogP contribution in [-0.4, -0.2) is 81.1 Å². The molecule has 0 amide bonds. The summed E-state index contributed by atoms with van der Waals surface area (Å²) >= 11 is 0. The number of fused-ring (bicyclic) bond motifs is 1. The number of anilines is 1. The number of nitrogen functional groups attached to an aromatic ring is 1. The number of nitriles is 1. The zero-order valence-electron chi connectivity index (χ0n) is 22.0. The van der Waals surface area contributed by atoms with Crippen molar-refractivity contribution in [2.24, 2.45) is 0 Å². The minimum absolute atomic E-state index is 0.0836. The number of esters is 1. The van der Waals surface area contributed by atoms with Gasteiger partial charge in [-0.3, -0.25) is 9.32 Å². The van der Waals surface area contributed by atoms with Crippen molar-refractivity contribution >= 4 is 25.1 Å². The number of aliphatic hydroxyl groups is 2. The number of ether oxygens (including phenoxy) is 3. The summed E-state index contributed by atoms with van der Waals surface area (Å²) in [5, 5.41) is 39.5. The van der Waals surface area contributed by atoms with Crippen molar-refractivity contribution < 1.29 is 42.8 Å². The molecule has 0 aliphatic carbocycles. The summed E-state index contributed by atoms with van der Waals surface area (Å²) in [4.78, 5) is 16.6. The standard InChI is InChI=1S/C25H29N6O9P/c1-16(22(32)39-18-9-10-36-11-18)30-41(35,40-17-5-3-2-4-6-17)38-13-24(12-26)23(33)25(34,14-37-24)20-8-7-19-21(27)28-15-29-31(19)20/h2-8,15-16,18,23,33-34H,9-11,13-14H2,1H3,(H,30,35)(H2,27,28,29)/t16-,18+,23+,24+,25?,41?/m0/s1. The largest absolute Gasteiger partial charge is 0.459 e. The van der Waals surface area contributed by atoms with Gasteiger partial charge in [-0.05, 0) is 31.2 Å². The molecule has 41 heavy (non-hydrogen) atoms. The lowest BCUT2D eigenvalue weighted by Gasteiger charge is -2.31. The van der Waals surface area contributed by atoms with Gasteiger partial charge in [0.25, 0.3) is 0 Å². The number of hydrogen-bond acceptors (Lipinski definition) is 13. The molecule has 2 aliphatic rings. The van der Waals surface area contributed by atoms with Crippen molar-refractivity contribution in [2.45, 2.75) is 42.8 Å². The molecule has 5 rings (SSSR count). The lowest BCUT2D eigenvalue weighted by atomic mass is 9.86. The van der Waals surface area contributed by atoms with Gasteiger partial charge in [-0.25, -0.2) is 14.1 Å². The number of nitrogens with one attached hydrogen (secondary N) is 1. The maximum absolute atomic E-state index is 13.9. The van der Waals surface area contributed by atoms with E-state index in [0.29, 0.717) is 18.5 Å². The van der Waals surface area contributed by atoms with Crippen LogP contribution in [0.25, 0.3) is 5.52 Å². The van der Waals surface area contributed by atoms with Crippen molar-refractivity contribution in [1.29, 1.82) is 5.26 Å². The lowest BCUT2D eigenvalue weighted by Crippen LogP contribution is -2.51. The molecule has 2 saturated heterocycles. The molecule has 218 valence electrons. The highest BCUT2D eigenvalue weighted by molar-refractivity contribution is 7.52. The van der Waals surface area contributed by atoms with E-state index < -0.39 is 56.4 Å². The maximum Gasteiger partial charge on any atom is 0.459 e. The van der Waals surface area contributed by atoms with Gasteiger partial charge in [-0.1, -0.05) is 18.2 Å². The van der Waals surface area contributed by atoms with E-state index in [0.717, 1.165) is 0 Å². The molecule has 0 saturated carbocycles. The molecular formula is C25H29N6O9P. The summed E-state index contributed by atoms with van der Waals surface area (Å²) in [5.74, 6) is -0.444. The molecule has 2 aliphatic heterocycles. The summed E-state index contributed by atoms with van der Waals surface area (Å²) in [6.07, 6.45) is -0.628. The fourth-order valence-electron chi connectivity index (χ4n) is 4.58. The molecule has 0 radical (unpaired) electrons. The summed E-state index contributed by atoms with van der Waals surface area (Å²) in [6, 6.07) is 11.7. The van der Waals surface area contributed by atoms with Crippen molar-refractivity contribution in [2.75, 3.05) is 32.2 Å². The number of rotatable bonds is 10. The first-order valence-electron chi connectivity index (χ1n) is 12.7. The predicted octanol–water partition coefficient (Wildman–Crippen LogP) is 0.666. The molecule has 0 spiro atoms. The Morgan fingerprint density at radius 3 is 2.85 bits per heavy atom. The minimum atomic E-state index is -4.43. The second kappa shape index (κ2) is 11.3. The third-order valence-electron chi connectivity index (χ3n) is 6.85. The Morgan fingerprint density at radius 2 is 2.15 bits per heavy atom. The molecule has 15 nitrogen and oxygen atoms in total. The number of para-hydroxylation sites is 1. The van der Waals surface area contributed by atoms with Gasteiger partial charge in [0.15, 0.2) is 11.4 Å². The first-order valence-corrected chi connectivity index (χ1v) is 14.2. The van der Waals surface area contributed by atoms with Gasteiger partial charge >= 0.3 is 13.7 Å². The van der Waals surface area contributed by atoms with Gasteiger partial charge in [0.05, 0.1) is 25.5 Å². The van der Waals surface area contributed by atoms with Crippen LogP contribution in [0.5, 0.6) is 5.75 Å². The minimum Gasteiger partial charge on any atom is -0.459 e. The van der Waals surface area contributed by atoms with E-state index in [1.54, 1.807) is 24.3 Å². The number of benzene rings is 1. The Hall–Kier alpha value is -3.61. The number of carbonyl (C=O) groups excluding carboxylic acids is 1. The fourth-order valence-corrected chi connectivity index (χ4v) is 6.10. The monoisotopic (exact) mass is 588 g/mol. The molecule has 3 aromatic rings. The Balaban J connectivity index is 1.37. The molecule has 4 heterocycles. The van der Waals surface area contributed by atoms with Gasteiger partial charge < -0.3 is 34.7 Å². The smallest absolute Gasteiger partial charge is 0.459 e. The molecule has 2 unspecified atom stereocenters. The van der Waals surface area contributed by atoms with Crippen LogP contribution < -0.4 is 15.3 Å². The number of aromatic nitrogens is 3. The highest BCUT2D eigenvalue weighted by Crippen LogP contribution is 2.48. The van der Waals surface area contributed by atoms with Crippen molar-refractivity contribution in [3.05, 3.63) is 54.5 Å². The number of aliphatic hydroxyl groups excluding tert-OH is 1. The molecule has 0 bridgehead atoms. The van der Waals surface area contributed by atoms with E-state index in [4.69, 9.17) is 29.0 Å². The fraction of sp³-hybridized carbons (Fsp3) is 0.440. The zero-order chi connectivity index (χ0) is 29.3. The van der Waals surface area contributed by atoms with Crippen molar-refractivity contribution in [3.63, 3.8) is 0 Å². The van der Waals surface area contributed by atoms with Crippen LogP contribution in [0.2, 0.25) is 0 Å². The van der Waals surface area contributed by atoms with Gasteiger partial charge in [-0.15, -0.1) is 0 Å². The van der Waals surface area contributed by atoms with Crippen LogP contribution in [0.3, 0.4) is 0 Å². The van der Waals surface area contributed by atoms with Crippen LogP contribution in [0.4, 0.5) is 5.82 Å². The third-order valence-corrected chi connectivity index (χ3v) is 8.48. The topological polar surface area (TPSA) is 213 Å². The summed E-state index contributed by atoms with van der Waals surface area (Å²) < 4.78 is 42.7. The van der Waals surface area contributed by atoms with E-state index in [-0.39, 0.29) is 23.9 Å². The second-order valence-electron chi connectivity index (χ2n) is 9.73. The van der Waals surface area contributed by atoms with Crippen molar-refractivity contribution in [3.8, 4) is 11.8 Å². The van der Waals surface area contributed by atoms with Crippen LogP contribution in [0, 0.1) is 11.3 Å². The van der Waals surface area contributed by atoms with Gasteiger partial charge in [0, 0.05) is 6.42 Å². The van der Waals surface area contributed by atoms with Gasteiger partial charge in [-0.2, -0.15) is 15.4 Å². The number of hydrogen-bond donors (Lipinski definition) is 4. The first kappa shape index (κ1) is 28.9. The third kappa shape index (κ3) is 5.64. The quantitative estimate of drug-likeness (QED) is 0.189. The summed E-state index contributed by atoms with van der Waals surface area (Å²) in [5.41, 5.74) is 2.00. The van der Waals surface area contributed by atoms with Crippen LogP contribution in [-0.2, 0) is 33.7 Å². The molecule has 2 fully saturated rings. The van der Waals surface area contributed by atoms with E-state index >= 15 is 0 Å². The molecular weight excluding hydrogens is 559 g/mol. The van der Waals surface area contributed by atoms with E-state index in [1.165, 1.54) is 36.0 Å². The molecule has 1 aromatic carbocycles. The second-order valence-corrected chi connectivity index (χ2v) is 11.4. The maximum atomic E-state index is 13.9. The Bertz CT molecular complexity index is 1490.